The Morgan fingerprint density at radius 3 is 2.75 bits per heavy atom. The number of carbonyl (C=O) groups excluding carboxylic acids is 1. The highest BCUT2D eigenvalue weighted by atomic mass is 32.1. The molecule has 1 saturated heterocycles. The SMILES string of the molecule is CCc1ccsc1C(=O)NC1CCC2(CC1)OCCO2. The first kappa shape index (κ1) is 14.0. The van der Waals surface area contributed by atoms with Gasteiger partial charge >= 0.3 is 0 Å². The normalized spacial score (nSPS) is 22.2. The molecule has 1 aromatic rings. The average Bonchev–Trinajstić information content (AvgIpc) is 3.11. The van der Waals surface area contributed by atoms with E-state index >= 15 is 0 Å². The first-order valence-electron chi connectivity index (χ1n) is 7.37. The summed E-state index contributed by atoms with van der Waals surface area (Å²) in [4.78, 5) is 13.2. The van der Waals surface area contributed by atoms with Gasteiger partial charge in [-0.2, -0.15) is 0 Å². The number of hydrogen-bond acceptors (Lipinski definition) is 4. The van der Waals surface area contributed by atoms with Gasteiger partial charge in [-0.1, -0.05) is 6.92 Å². The smallest absolute Gasteiger partial charge is 0.261 e. The summed E-state index contributed by atoms with van der Waals surface area (Å²) >= 11 is 1.53. The lowest BCUT2D eigenvalue weighted by Crippen LogP contribution is -2.44. The molecule has 20 heavy (non-hydrogen) atoms. The largest absolute Gasteiger partial charge is 0.349 e. The monoisotopic (exact) mass is 295 g/mol. The zero-order chi connectivity index (χ0) is 14.0. The van der Waals surface area contributed by atoms with Crippen LogP contribution >= 0.6 is 11.3 Å². The first-order valence-corrected chi connectivity index (χ1v) is 8.25. The third-order valence-corrected chi connectivity index (χ3v) is 5.19. The van der Waals surface area contributed by atoms with Crippen LogP contribution in [0.3, 0.4) is 0 Å². The minimum atomic E-state index is -0.348. The molecule has 1 saturated carbocycles. The second-order valence-corrected chi connectivity index (χ2v) is 6.40. The minimum Gasteiger partial charge on any atom is -0.349 e. The maximum atomic E-state index is 12.3. The van der Waals surface area contributed by atoms with Crippen LogP contribution in [0.15, 0.2) is 11.4 Å². The van der Waals surface area contributed by atoms with Crippen LogP contribution in [-0.4, -0.2) is 30.9 Å². The molecule has 1 aromatic heterocycles. The van der Waals surface area contributed by atoms with Crippen molar-refractivity contribution in [3.8, 4) is 0 Å². The van der Waals surface area contributed by atoms with E-state index in [4.69, 9.17) is 9.47 Å². The van der Waals surface area contributed by atoms with Crippen LogP contribution < -0.4 is 5.32 Å². The molecule has 0 atom stereocenters. The predicted molar refractivity (Wildman–Crippen MR) is 78.1 cm³/mol. The van der Waals surface area contributed by atoms with E-state index < -0.39 is 0 Å². The molecule has 1 amide bonds. The van der Waals surface area contributed by atoms with Crippen molar-refractivity contribution in [3.63, 3.8) is 0 Å². The van der Waals surface area contributed by atoms with E-state index in [1.165, 1.54) is 11.3 Å². The summed E-state index contributed by atoms with van der Waals surface area (Å²) in [5, 5.41) is 5.15. The number of carbonyl (C=O) groups is 1. The van der Waals surface area contributed by atoms with Crippen molar-refractivity contribution >= 4 is 17.2 Å². The van der Waals surface area contributed by atoms with Gasteiger partial charge in [0, 0.05) is 18.9 Å². The second kappa shape index (κ2) is 5.84. The number of thiophene rings is 1. The number of aryl methyl sites for hydroxylation is 1. The highest BCUT2D eigenvalue weighted by molar-refractivity contribution is 7.12. The number of hydrogen-bond donors (Lipinski definition) is 1. The van der Waals surface area contributed by atoms with Crippen LogP contribution in [0.4, 0.5) is 0 Å². The van der Waals surface area contributed by atoms with E-state index in [1.807, 2.05) is 11.4 Å². The molecule has 110 valence electrons. The summed E-state index contributed by atoms with van der Waals surface area (Å²) in [6.07, 6.45) is 4.52. The van der Waals surface area contributed by atoms with Crippen molar-refractivity contribution in [1.29, 1.82) is 0 Å². The summed E-state index contributed by atoms with van der Waals surface area (Å²) in [5.41, 5.74) is 1.14. The van der Waals surface area contributed by atoms with Crippen LogP contribution in [0.1, 0.15) is 47.8 Å². The molecule has 0 unspecified atom stereocenters. The van der Waals surface area contributed by atoms with Crippen LogP contribution in [-0.2, 0) is 15.9 Å². The highest BCUT2D eigenvalue weighted by Gasteiger charge is 2.40. The fourth-order valence-corrected chi connectivity index (χ4v) is 3.95. The lowest BCUT2D eigenvalue weighted by atomic mass is 9.90. The molecule has 1 aliphatic carbocycles. The van der Waals surface area contributed by atoms with Crippen molar-refractivity contribution < 1.29 is 14.3 Å². The Morgan fingerprint density at radius 1 is 1.40 bits per heavy atom. The number of ether oxygens (including phenoxy) is 2. The van der Waals surface area contributed by atoms with Crippen molar-refractivity contribution in [2.24, 2.45) is 0 Å². The Balaban J connectivity index is 1.55. The zero-order valence-electron chi connectivity index (χ0n) is 11.8. The number of amides is 1. The number of rotatable bonds is 3. The first-order chi connectivity index (χ1) is 9.72. The fourth-order valence-electron chi connectivity index (χ4n) is 3.05. The zero-order valence-corrected chi connectivity index (χ0v) is 12.6. The average molecular weight is 295 g/mol. The van der Waals surface area contributed by atoms with E-state index in [9.17, 15) is 4.79 Å². The third kappa shape index (κ3) is 2.75. The Bertz CT molecular complexity index is 469. The van der Waals surface area contributed by atoms with Gasteiger partial charge < -0.3 is 14.8 Å². The Kier molecular flexibility index (Phi) is 4.10. The molecule has 2 aliphatic rings. The summed E-state index contributed by atoms with van der Waals surface area (Å²) in [7, 11) is 0. The maximum Gasteiger partial charge on any atom is 0.261 e. The summed E-state index contributed by atoms with van der Waals surface area (Å²) in [6.45, 7) is 3.48. The van der Waals surface area contributed by atoms with Gasteiger partial charge in [0.1, 0.15) is 0 Å². The van der Waals surface area contributed by atoms with E-state index in [-0.39, 0.29) is 17.7 Å². The quantitative estimate of drug-likeness (QED) is 0.932. The lowest BCUT2D eigenvalue weighted by Gasteiger charge is -2.35. The van der Waals surface area contributed by atoms with Gasteiger partial charge in [0.25, 0.3) is 5.91 Å². The molecule has 1 spiro atoms. The van der Waals surface area contributed by atoms with Crippen molar-refractivity contribution in [1.82, 2.24) is 5.32 Å². The molecule has 5 heteroatoms. The lowest BCUT2D eigenvalue weighted by molar-refractivity contribution is -0.179. The molecule has 2 fully saturated rings. The standard InChI is InChI=1S/C15H21NO3S/c1-2-11-5-10-20-13(11)14(17)16-12-3-6-15(7-4-12)18-8-9-19-15/h5,10,12H,2-4,6-9H2,1H3,(H,16,17). The molecular formula is C15H21NO3S. The van der Waals surface area contributed by atoms with Crippen LogP contribution in [0.25, 0.3) is 0 Å². The topological polar surface area (TPSA) is 47.6 Å². The molecule has 0 radical (unpaired) electrons. The van der Waals surface area contributed by atoms with E-state index in [2.05, 4.69) is 12.2 Å². The molecule has 0 aromatic carbocycles. The highest BCUT2D eigenvalue weighted by Crippen LogP contribution is 2.35. The third-order valence-electron chi connectivity index (χ3n) is 4.23. The van der Waals surface area contributed by atoms with Crippen LogP contribution in [0.2, 0.25) is 0 Å². The predicted octanol–water partition coefficient (Wildman–Crippen LogP) is 2.73. The van der Waals surface area contributed by atoms with E-state index in [0.29, 0.717) is 13.2 Å². The summed E-state index contributed by atoms with van der Waals surface area (Å²) in [6, 6.07) is 2.28. The van der Waals surface area contributed by atoms with Gasteiger partial charge in [-0.3, -0.25) is 4.79 Å². The molecule has 3 rings (SSSR count). The second-order valence-electron chi connectivity index (χ2n) is 5.48. The van der Waals surface area contributed by atoms with Crippen LogP contribution in [0, 0.1) is 0 Å². The van der Waals surface area contributed by atoms with Crippen LogP contribution in [0.5, 0.6) is 0 Å². The van der Waals surface area contributed by atoms with Gasteiger partial charge in [0.2, 0.25) is 0 Å². The molecule has 4 nitrogen and oxygen atoms in total. The molecule has 2 heterocycles. The summed E-state index contributed by atoms with van der Waals surface area (Å²) < 4.78 is 11.4. The maximum absolute atomic E-state index is 12.3. The fraction of sp³-hybridized carbons (Fsp3) is 0.667. The molecule has 1 N–H and O–H groups in total. The Labute approximate surface area is 123 Å². The molecule has 0 bridgehead atoms. The van der Waals surface area contributed by atoms with Gasteiger partial charge in [-0.05, 0) is 36.3 Å². The van der Waals surface area contributed by atoms with Crippen molar-refractivity contribution in [2.45, 2.75) is 50.9 Å². The Hall–Kier alpha value is -0.910. The van der Waals surface area contributed by atoms with Crippen molar-refractivity contribution in [2.75, 3.05) is 13.2 Å². The Morgan fingerprint density at radius 2 is 2.10 bits per heavy atom. The van der Waals surface area contributed by atoms with E-state index in [1.54, 1.807) is 0 Å². The van der Waals surface area contributed by atoms with Gasteiger partial charge in [0.15, 0.2) is 5.79 Å². The minimum absolute atomic E-state index is 0.0751. The molecular weight excluding hydrogens is 274 g/mol. The van der Waals surface area contributed by atoms with Crippen molar-refractivity contribution in [3.05, 3.63) is 21.9 Å². The number of nitrogens with one attached hydrogen (secondary N) is 1. The van der Waals surface area contributed by atoms with E-state index in [0.717, 1.165) is 42.5 Å². The van der Waals surface area contributed by atoms with Gasteiger partial charge in [-0.15, -0.1) is 11.3 Å². The summed E-state index contributed by atoms with van der Waals surface area (Å²) in [5.74, 6) is -0.273. The molecule has 1 aliphatic heterocycles. The van der Waals surface area contributed by atoms with Gasteiger partial charge in [-0.25, -0.2) is 0 Å². The van der Waals surface area contributed by atoms with Gasteiger partial charge in [0.05, 0.1) is 18.1 Å².